The summed E-state index contributed by atoms with van der Waals surface area (Å²) in [6.45, 7) is 1.58. The standard InChI is InChI=1S/C10H9Br3O/c1-6(14)7-2-8(4-11)10(13)9(3-7)5-12/h2-3H,4-5H2,1H3. The van der Waals surface area contributed by atoms with E-state index >= 15 is 0 Å². The van der Waals surface area contributed by atoms with Crippen LogP contribution in [0.15, 0.2) is 16.6 Å². The fraction of sp³-hybridized carbons (Fsp3) is 0.300. The summed E-state index contributed by atoms with van der Waals surface area (Å²) in [4.78, 5) is 11.2. The summed E-state index contributed by atoms with van der Waals surface area (Å²) >= 11 is 10.3. The van der Waals surface area contributed by atoms with Gasteiger partial charge in [0.25, 0.3) is 0 Å². The quantitative estimate of drug-likeness (QED) is 0.556. The number of ketones is 1. The van der Waals surface area contributed by atoms with Gasteiger partial charge in [-0.25, -0.2) is 0 Å². The van der Waals surface area contributed by atoms with Crippen LogP contribution >= 0.6 is 47.8 Å². The molecule has 0 spiro atoms. The van der Waals surface area contributed by atoms with Gasteiger partial charge in [0.1, 0.15) is 0 Å². The van der Waals surface area contributed by atoms with Crippen LogP contribution in [0.1, 0.15) is 28.4 Å². The van der Waals surface area contributed by atoms with Crippen LogP contribution in [-0.2, 0) is 10.7 Å². The number of Topliss-reactive ketones (excluding diaryl/α,β-unsaturated/α-hetero) is 1. The molecule has 0 saturated heterocycles. The maximum Gasteiger partial charge on any atom is 0.159 e. The molecule has 0 aliphatic carbocycles. The lowest BCUT2D eigenvalue weighted by atomic mass is 10.1. The molecular weight excluding hydrogens is 376 g/mol. The van der Waals surface area contributed by atoms with E-state index in [1.165, 1.54) is 0 Å². The Morgan fingerprint density at radius 1 is 1.21 bits per heavy atom. The van der Waals surface area contributed by atoms with Crippen molar-refractivity contribution in [1.29, 1.82) is 0 Å². The van der Waals surface area contributed by atoms with Gasteiger partial charge in [-0.05, 0) is 30.2 Å². The lowest BCUT2D eigenvalue weighted by Crippen LogP contribution is -1.97. The van der Waals surface area contributed by atoms with Crippen molar-refractivity contribution in [1.82, 2.24) is 0 Å². The second kappa shape index (κ2) is 5.42. The van der Waals surface area contributed by atoms with E-state index in [1.54, 1.807) is 6.92 Å². The summed E-state index contributed by atoms with van der Waals surface area (Å²) in [6, 6.07) is 3.82. The second-order valence-electron chi connectivity index (χ2n) is 2.93. The SMILES string of the molecule is CC(=O)c1cc(CBr)c(Br)c(CBr)c1. The highest BCUT2D eigenvalue weighted by Gasteiger charge is 2.09. The fourth-order valence-corrected chi connectivity index (χ4v) is 3.29. The van der Waals surface area contributed by atoms with Crippen molar-refractivity contribution in [3.63, 3.8) is 0 Å². The number of alkyl halides is 2. The fourth-order valence-electron chi connectivity index (χ4n) is 1.15. The first-order chi connectivity index (χ1) is 6.60. The van der Waals surface area contributed by atoms with E-state index in [0.29, 0.717) is 0 Å². The molecule has 0 aliphatic rings. The number of hydrogen-bond acceptors (Lipinski definition) is 1. The smallest absolute Gasteiger partial charge is 0.159 e. The van der Waals surface area contributed by atoms with Gasteiger partial charge < -0.3 is 0 Å². The zero-order valence-electron chi connectivity index (χ0n) is 7.61. The second-order valence-corrected chi connectivity index (χ2v) is 4.85. The van der Waals surface area contributed by atoms with Crippen LogP contribution in [0, 0.1) is 0 Å². The van der Waals surface area contributed by atoms with Crippen LogP contribution in [0.3, 0.4) is 0 Å². The van der Waals surface area contributed by atoms with Gasteiger partial charge in [-0.3, -0.25) is 4.79 Å². The van der Waals surface area contributed by atoms with Crippen LogP contribution in [-0.4, -0.2) is 5.78 Å². The molecule has 14 heavy (non-hydrogen) atoms. The maximum atomic E-state index is 11.2. The lowest BCUT2D eigenvalue weighted by molar-refractivity contribution is 0.101. The van der Waals surface area contributed by atoms with Gasteiger partial charge in [-0.1, -0.05) is 47.8 Å². The van der Waals surface area contributed by atoms with Crippen LogP contribution in [0.5, 0.6) is 0 Å². The minimum atomic E-state index is 0.0990. The molecular formula is C10H9Br3O. The Morgan fingerprint density at radius 2 is 1.64 bits per heavy atom. The predicted octanol–water partition coefficient (Wildman–Crippen LogP) is 4.44. The number of carbonyl (C=O) groups excluding carboxylic acids is 1. The Bertz CT molecular complexity index is 335. The monoisotopic (exact) mass is 382 g/mol. The molecule has 0 unspecified atom stereocenters. The van der Waals surface area contributed by atoms with Crippen molar-refractivity contribution in [2.45, 2.75) is 17.6 Å². The van der Waals surface area contributed by atoms with Crippen LogP contribution in [0.2, 0.25) is 0 Å². The van der Waals surface area contributed by atoms with Crippen molar-refractivity contribution in [2.24, 2.45) is 0 Å². The predicted molar refractivity (Wildman–Crippen MR) is 69.4 cm³/mol. The first-order valence-corrected chi connectivity index (χ1v) is 7.08. The average molecular weight is 385 g/mol. The highest BCUT2D eigenvalue weighted by atomic mass is 79.9. The summed E-state index contributed by atoms with van der Waals surface area (Å²) in [5.74, 6) is 0.0990. The van der Waals surface area contributed by atoms with Crippen molar-refractivity contribution < 1.29 is 4.79 Å². The highest BCUT2D eigenvalue weighted by Crippen LogP contribution is 2.27. The van der Waals surface area contributed by atoms with E-state index in [0.717, 1.165) is 31.8 Å². The maximum absolute atomic E-state index is 11.2. The normalized spacial score (nSPS) is 10.3. The number of carbonyl (C=O) groups is 1. The van der Waals surface area contributed by atoms with Crippen LogP contribution in [0.25, 0.3) is 0 Å². The highest BCUT2D eigenvalue weighted by molar-refractivity contribution is 9.11. The third-order valence-corrected chi connectivity index (χ3v) is 4.14. The molecule has 0 aliphatic heterocycles. The molecule has 1 nitrogen and oxygen atoms in total. The van der Waals surface area contributed by atoms with Gasteiger partial charge in [0, 0.05) is 20.7 Å². The average Bonchev–Trinajstić information content (AvgIpc) is 2.17. The molecule has 76 valence electrons. The van der Waals surface area contributed by atoms with Crippen molar-refractivity contribution in [3.05, 3.63) is 33.3 Å². The van der Waals surface area contributed by atoms with E-state index in [1.807, 2.05) is 12.1 Å². The number of halogens is 3. The summed E-state index contributed by atoms with van der Waals surface area (Å²) < 4.78 is 1.07. The zero-order chi connectivity index (χ0) is 10.7. The lowest BCUT2D eigenvalue weighted by Gasteiger charge is -2.08. The first kappa shape index (κ1) is 12.4. The van der Waals surface area contributed by atoms with Gasteiger partial charge >= 0.3 is 0 Å². The number of hydrogen-bond donors (Lipinski definition) is 0. The van der Waals surface area contributed by atoms with Gasteiger partial charge in [-0.15, -0.1) is 0 Å². The van der Waals surface area contributed by atoms with Crippen LogP contribution in [0.4, 0.5) is 0 Å². The van der Waals surface area contributed by atoms with Gasteiger partial charge in [0.15, 0.2) is 5.78 Å². The Morgan fingerprint density at radius 3 is 1.93 bits per heavy atom. The molecule has 0 saturated carbocycles. The molecule has 4 heteroatoms. The molecule has 0 heterocycles. The number of rotatable bonds is 3. The first-order valence-electron chi connectivity index (χ1n) is 4.04. The molecule has 0 bridgehead atoms. The molecule has 0 atom stereocenters. The third-order valence-electron chi connectivity index (χ3n) is 1.92. The Hall–Kier alpha value is 0.330. The molecule has 0 amide bonds. The van der Waals surface area contributed by atoms with Gasteiger partial charge in [-0.2, -0.15) is 0 Å². The van der Waals surface area contributed by atoms with Gasteiger partial charge in [0.05, 0.1) is 0 Å². The number of benzene rings is 1. The minimum Gasteiger partial charge on any atom is -0.295 e. The molecule has 0 radical (unpaired) electrons. The van der Waals surface area contributed by atoms with E-state index in [-0.39, 0.29) is 5.78 Å². The summed E-state index contributed by atoms with van der Waals surface area (Å²) in [7, 11) is 0. The Balaban J connectivity index is 3.32. The van der Waals surface area contributed by atoms with Crippen LogP contribution < -0.4 is 0 Å². The van der Waals surface area contributed by atoms with E-state index in [9.17, 15) is 4.79 Å². The van der Waals surface area contributed by atoms with Crippen molar-refractivity contribution in [3.8, 4) is 0 Å². The Labute approximate surface area is 109 Å². The summed E-state index contributed by atoms with van der Waals surface area (Å²) in [5.41, 5.74) is 2.97. The van der Waals surface area contributed by atoms with E-state index in [4.69, 9.17) is 0 Å². The van der Waals surface area contributed by atoms with Crippen molar-refractivity contribution in [2.75, 3.05) is 0 Å². The topological polar surface area (TPSA) is 17.1 Å². The molecule has 1 aromatic carbocycles. The largest absolute Gasteiger partial charge is 0.295 e. The Kier molecular flexibility index (Phi) is 4.80. The molecule has 0 aromatic heterocycles. The van der Waals surface area contributed by atoms with Gasteiger partial charge in [0.2, 0.25) is 0 Å². The molecule has 1 rings (SSSR count). The van der Waals surface area contributed by atoms with E-state index in [2.05, 4.69) is 47.8 Å². The minimum absolute atomic E-state index is 0.0990. The summed E-state index contributed by atoms with van der Waals surface area (Å²) in [5, 5.41) is 1.49. The summed E-state index contributed by atoms with van der Waals surface area (Å²) in [6.07, 6.45) is 0. The molecule has 0 fully saturated rings. The van der Waals surface area contributed by atoms with E-state index < -0.39 is 0 Å². The third kappa shape index (κ3) is 2.67. The molecule has 1 aromatic rings. The molecule has 0 N–H and O–H groups in total. The zero-order valence-corrected chi connectivity index (χ0v) is 12.4. The van der Waals surface area contributed by atoms with Crippen molar-refractivity contribution >= 4 is 53.6 Å².